The van der Waals surface area contributed by atoms with E-state index in [9.17, 15) is 45.6 Å². The highest BCUT2D eigenvalue weighted by atomic mass is 16.7. The summed E-state index contributed by atoms with van der Waals surface area (Å²) in [5.41, 5.74) is 0. The topological polar surface area (TPSA) is 246 Å². The van der Waals surface area contributed by atoms with E-state index < -0.39 is 117 Å². The Morgan fingerprint density at radius 1 is 0.978 bits per heavy atom. The highest BCUT2D eigenvalue weighted by Gasteiger charge is 2.55. The van der Waals surface area contributed by atoms with Gasteiger partial charge in [0.25, 0.3) is 0 Å². The Morgan fingerprint density at radius 3 is 2.13 bits per heavy atom. The van der Waals surface area contributed by atoms with Gasteiger partial charge in [-0.15, -0.1) is 0 Å². The Labute approximate surface area is 263 Å². The molecule has 264 valence electrons. The van der Waals surface area contributed by atoms with E-state index in [1.54, 1.807) is 13.8 Å². The summed E-state index contributed by atoms with van der Waals surface area (Å²) < 4.78 is 35.4. The van der Waals surface area contributed by atoms with Gasteiger partial charge in [-0.2, -0.15) is 0 Å². The first kappa shape index (κ1) is 38.4. The molecule has 0 aliphatic carbocycles. The van der Waals surface area contributed by atoms with E-state index in [1.807, 2.05) is 6.92 Å². The first-order valence-electron chi connectivity index (χ1n) is 15.7. The average Bonchev–Trinajstić information content (AvgIpc) is 3.00. The number of rotatable bonds is 14. The van der Waals surface area contributed by atoms with E-state index in [1.165, 1.54) is 13.8 Å². The van der Waals surface area contributed by atoms with Gasteiger partial charge in [-0.3, -0.25) is 4.79 Å². The summed E-state index contributed by atoms with van der Waals surface area (Å²) in [7, 11) is 0. The van der Waals surface area contributed by atoms with E-state index in [0.29, 0.717) is 6.61 Å². The Kier molecular flexibility index (Phi) is 14.4. The van der Waals surface area contributed by atoms with E-state index >= 15 is 0 Å². The van der Waals surface area contributed by atoms with Gasteiger partial charge in [0, 0.05) is 25.9 Å². The second-order valence-electron chi connectivity index (χ2n) is 12.4. The van der Waals surface area contributed by atoms with Crippen LogP contribution in [-0.2, 0) is 33.2 Å². The fourth-order valence-corrected chi connectivity index (χ4v) is 6.06. The Hall–Kier alpha value is -1.09. The summed E-state index contributed by atoms with van der Waals surface area (Å²) in [6.45, 7) is 7.03. The summed E-state index contributed by atoms with van der Waals surface area (Å²) in [5, 5.41) is 87.9. The number of unbranched alkanes of at least 4 members (excludes halogenated alkanes) is 1. The molecule has 5 unspecified atom stereocenters. The van der Waals surface area contributed by atoms with Crippen molar-refractivity contribution in [2.45, 2.75) is 152 Å². The van der Waals surface area contributed by atoms with Crippen molar-refractivity contribution in [3.8, 4) is 0 Å². The van der Waals surface area contributed by atoms with Gasteiger partial charge in [0.05, 0.1) is 37.6 Å². The van der Waals surface area contributed by atoms with Crippen LogP contribution in [0.3, 0.4) is 0 Å². The number of amides is 1. The number of hydrogen-bond acceptors (Lipinski definition) is 15. The number of nitrogens with one attached hydrogen (secondary N) is 1. The Balaban J connectivity index is 1.85. The predicted octanol–water partition coefficient (Wildman–Crippen LogP) is -2.77. The highest BCUT2D eigenvalue weighted by molar-refractivity contribution is 5.73. The summed E-state index contributed by atoms with van der Waals surface area (Å²) in [6.07, 6.45) is -16.3. The lowest BCUT2D eigenvalue weighted by Gasteiger charge is -2.51. The third-order valence-corrected chi connectivity index (χ3v) is 8.69. The molecule has 3 fully saturated rings. The molecular formula is C29H53NO15. The van der Waals surface area contributed by atoms with Crippen LogP contribution < -0.4 is 5.32 Å². The Morgan fingerprint density at radius 2 is 1.58 bits per heavy atom. The Bertz CT molecular complexity index is 917. The lowest BCUT2D eigenvalue weighted by molar-refractivity contribution is -0.386. The van der Waals surface area contributed by atoms with Crippen molar-refractivity contribution in [1.82, 2.24) is 5.32 Å². The average molecular weight is 656 g/mol. The molecule has 0 spiro atoms. The van der Waals surface area contributed by atoms with Gasteiger partial charge in [-0.05, 0) is 19.8 Å². The smallest absolute Gasteiger partial charge is 0.217 e. The van der Waals surface area contributed by atoms with Gasteiger partial charge in [0.15, 0.2) is 18.4 Å². The highest BCUT2D eigenvalue weighted by Crippen LogP contribution is 2.38. The number of aliphatic hydroxyl groups is 8. The number of carbonyl (C=O) groups is 1. The molecule has 3 aliphatic heterocycles. The minimum absolute atomic E-state index is 0.133. The summed E-state index contributed by atoms with van der Waals surface area (Å²) in [5.74, 6) is -2.92. The van der Waals surface area contributed by atoms with Gasteiger partial charge in [-0.25, -0.2) is 0 Å². The van der Waals surface area contributed by atoms with Crippen LogP contribution in [0.1, 0.15) is 60.3 Å². The molecule has 3 rings (SSSR count). The second-order valence-corrected chi connectivity index (χ2v) is 12.4. The lowest BCUT2D eigenvalue weighted by atomic mass is 9.88. The molecule has 3 heterocycles. The molecule has 16 heteroatoms. The van der Waals surface area contributed by atoms with E-state index in [4.69, 9.17) is 28.4 Å². The predicted molar refractivity (Wildman–Crippen MR) is 153 cm³/mol. The normalized spacial score (nSPS) is 43.9. The zero-order chi connectivity index (χ0) is 33.6. The molecule has 0 aromatic heterocycles. The van der Waals surface area contributed by atoms with Crippen LogP contribution in [0.2, 0.25) is 0 Å². The van der Waals surface area contributed by atoms with Crippen LogP contribution in [0.15, 0.2) is 0 Å². The van der Waals surface area contributed by atoms with Crippen molar-refractivity contribution in [2.75, 3.05) is 19.8 Å². The molecule has 0 aromatic rings. The molecule has 0 bridgehead atoms. The molecule has 1 amide bonds. The van der Waals surface area contributed by atoms with Crippen LogP contribution in [0.5, 0.6) is 0 Å². The summed E-state index contributed by atoms with van der Waals surface area (Å²) in [4.78, 5) is 11.9. The van der Waals surface area contributed by atoms with E-state index in [-0.39, 0.29) is 12.8 Å². The molecule has 0 saturated carbocycles. The maximum atomic E-state index is 11.9. The number of ether oxygens (including phenoxy) is 6. The largest absolute Gasteiger partial charge is 0.394 e. The molecule has 45 heavy (non-hydrogen) atoms. The van der Waals surface area contributed by atoms with Gasteiger partial charge >= 0.3 is 0 Å². The zero-order valence-corrected chi connectivity index (χ0v) is 26.5. The number of hydrogen-bond donors (Lipinski definition) is 9. The summed E-state index contributed by atoms with van der Waals surface area (Å²) in [6, 6.07) is -1.12. The van der Waals surface area contributed by atoms with Crippen molar-refractivity contribution in [1.29, 1.82) is 0 Å². The minimum Gasteiger partial charge on any atom is -0.394 e. The van der Waals surface area contributed by atoms with Crippen LogP contribution in [-0.4, -0.2) is 158 Å². The van der Waals surface area contributed by atoms with E-state index in [2.05, 4.69) is 5.32 Å². The molecule has 16 nitrogen and oxygen atoms in total. The molecule has 9 N–H and O–H groups in total. The first-order chi connectivity index (χ1) is 21.2. The summed E-state index contributed by atoms with van der Waals surface area (Å²) >= 11 is 0. The SMILES string of the molecule is CCCCO[C@H]1OC(CO)[C@H](O)[C@H](O[C@@H]2OC(CO)[C@H](O)[C@H](O[C@]3(C)C[C@@H](O)[C@@H](NC(C)=O)C([C@H](O)[C@H](O)CC)O3)C2O)C1C. The third kappa shape index (κ3) is 9.08. The zero-order valence-electron chi connectivity index (χ0n) is 26.5. The molecule has 3 aliphatic rings. The van der Waals surface area contributed by atoms with Gasteiger partial charge in [-0.1, -0.05) is 27.2 Å². The molecule has 3 saturated heterocycles. The molecule has 0 aromatic carbocycles. The first-order valence-corrected chi connectivity index (χ1v) is 15.7. The van der Waals surface area contributed by atoms with Crippen molar-refractivity contribution >= 4 is 5.91 Å². The second kappa shape index (κ2) is 16.8. The van der Waals surface area contributed by atoms with Crippen LogP contribution >= 0.6 is 0 Å². The number of carbonyl (C=O) groups excluding carboxylic acids is 1. The van der Waals surface area contributed by atoms with Crippen molar-refractivity contribution in [3.63, 3.8) is 0 Å². The van der Waals surface area contributed by atoms with Crippen LogP contribution in [0, 0.1) is 5.92 Å². The van der Waals surface area contributed by atoms with Crippen LogP contribution in [0.4, 0.5) is 0 Å². The van der Waals surface area contributed by atoms with Gasteiger partial charge < -0.3 is 74.6 Å². The molecular weight excluding hydrogens is 602 g/mol. The fourth-order valence-electron chi connectivity index (χ4n) is 6.06. The van der Waals surface area contributed by atoms with Crippen LogP contribution in [0.25, 0.3) is 0 Å². The maximum absolute atomic E-state index is 11.9. The van der Waals surface area contributed by atoms with Crippen molar-refractivity contribution in [2.24, 2.45) is 5.92 Å². The molecule has 0 radical (unpaired) electrons. The monoisotopic (exact) mass is 655 g/mol. The van der Waals surface area contributed by atoms with Crippen molar-refractivity contribution in [3.05, 3.63) is 0 Å². The molecule has 16 atom stereocenters. The quantitative estimate of drug-likeness (QED) is 0.0860. The van der Waals surface area contributed by atoms with E-state index in [0.717, 1.165) is 12.8 Å². The van der Waals surface area contributed by atoms with Gasteiger partial charge in [0.1, 0.15) is 48.8 Å². The fraction of sp³-hybridized carbons (Fsp3) is 0.966. The maximum Gasteiger partial charge on any atom is 0.217 e. The third-order valence-electron chi connectivity index (χ3n) is 8.69. The standard InChI is InChI=1S/C29H53NO15/c1-6-8-9-40-27-13(3)24(21(37)17(11-31)41-27)43-28-23(39)26(22(38)18(12-32)42-28)45-29(5)10-16(35)19(30-14(4)33)25(44-29)20(36)15(34)7-2/h13,15-28,31-32,34-39H,6-12H2,1-5H3,(H,30,33)/t13?,15-,16-,17?,18?,19-,20-,21+,22+,23?,24-,25?,26+,27+,28+,29-/m1/s1. The van der Waals surface area contributed by atoms with Gasteiger partial charge in [0.2, 0.25) is 5.91 Å². The lowest BCUT2D eigenvalue weighted by Crippen LogP contribution is -2.68. The minimum atomic E-state index is -1.80. The van der Waals surface area contributed by atoms with Crippen molar-refractivity contribution < 1.29 is 74.1 Å². The number of aliphatic hydroxyl groups excluding tert-OH is 8.